The van der Waals surface area contributed by atoms with E-state index in [1.807, 2.05) is 0 Å². The first-order chi connectivity index (χ1) is 8.58. The molecule has 18 heavy (non-hydrogen) atoms. The van der Waals surface area contributed by atoms with Gasteiger partial charge in [-0.2, -0.15) is 0 Å². The summed E-state index contributed by atoms with van der Waals surface area (Å²) in [5.41, 5.74) is 1.32. The smallest absolute Gasteiger partial charge is 0.337 e. The van der Waals surface area contributed by atoms with Crippen molar-refractivity contribution in [2.75, 3.05) is 11.9 Å². The van der Waals surface area contributed by atoms with Gasteiger partial charge in [-0.25, -0.2) is 9.18 Å². The van der Waals surface area contributed by atoms with Crippen molar-refractivity contribution in [3.63, 3.8) is 0 Å². The molecule has 1 heterocycles. The Morgan fingerprint density at radius 3 is 2.83 bits per heavy atom. The summed E-state index contributed by atoms with van der Waals surface area (Å²) in [4.78, 5) is 12.8. The largest absolute Gasteiger partial charge is 0.478 e. The fourth-order valence-electron chi connectivity index (χ4n) is 1.75. The Bertz CT molecular complexity index is 551. The Balaban J connectivity index is 2.29. The molecule has 5 heteroatoms. The van der Waals surface area contributed by atoms with E-state index in [4.69, 9.17) is 9.52 Å². The SMILES string of the molecule is CN(Cc1ccoc1)c1ccc(F)cc1C(=O)O. The Morgan fingerprint density at radius 2 is 2.22 bits per heavy atom. The number of halogens is 1. The number of carboxylic acids is 1. The zero-order valence-electron chi connectivity index (χ0n) is 9.76. The Kier molecular flexibility index (Phi) is 3.32. The molecule has 4 nitrogen and oxygen atoms in total. The number of hydrogen-bond acceptors (Lipinski definition) is 3. The summed E-state index contributed by atoms with van der Waals surface area (Å²) in [6.45, 7) is 0.489. The predicted octanol–water partition coefficient (Wildman–Crippen LogP) is 2.75. The molecule has 94 valence electrons. The fraction of sp³-hybridized carbons (Fsp3) is 0.154. The normalized spacial score (nSPS) is 10.3. The molecule has 0 unspecified atom stereocenters. The van der Waals surface area contributed by atoms with Crippen molar-refractivity contribution in [2.24, 2.45) is 0 Å². The zero-order chi connectivity index (χ0) is 13.1. The van der Waals surface area contributed by atoms with Crippen LogP contribution in [0.4, 0.5) is 10.1 Å². The van der Waals surface area contributed by atoms with Gasteiger partial charge in [0.2, 0.25) is 0 Å². The number of aromatic carboxylic acids is 1. The number of rotatable bonds is 4. The van der Waals surface area contributed by atoms with Crippen molar-refractivity contribution in [1.29, 1.82) is 0 Å². The van der Waals surface area contributed by atoms with Gasteiger partial charge in [-0.05, 0) is 24.3 Å². The van der Waals surface area contributed by atoms with Crippen molar-refractivity contribution in [2.45, 2.75) is 6.54 Å². The molecule has 0 radical (unpaired) electrons. The third-order valence-corrected chi connectivity index (χ3v) is 2.60. The lowest BCUT2D eigenvalue weighted by Crippen LogP contribution is -2.19. The molecule has 1 aromatic carbocycles. The highest BCUT2D eigenvalue weighted by atomic mass is 19.1. The third-order valence-electron chi connectivity index (χ3n) is 2.60. The highest BCUT2D eigenvalue weighted by Crippen LogP contribution is 2.22. The number of nitrogens with zero attached hydrogens (tertiary/aromatic N) is 1. The molecule has 0 amide bonds. The molecular formula is C13H12FNO3. The minimum atomic E-state index is -1.15. The van der Waals surface area contributed by atoms with Crippen LogP contribution < -0.4 is 4.90 Å². The van der Waals surface area contributed by atoms with E-state index < -0.39 is 11.8 Å². The Hall–Kier alpha value is -2.30. The van der Waals surface area contributed by atoms with Crippen LogP contribution in [0.15, 0.2) is 41.2 Å². The topological polar surface area (TPSA) is 53.7 Å². The molecule has 0 aliphatic rings. The van der Waals surface area contributed by atoms with Gasteiger partial charge >= 0.3 is 5.97 Å². The lowest BCUT2D eigenvalue weighted by Gasteiger charge is -2.20. The van der Waals surface area contributed by atoms with E-state index in [0.29, 0.717) is 12.2 Å². The summed E-state index contributed by atoms with van der Waals surface area (Å²) < 4.78 is 18.0. The van der Waals surface area contributed by atoms with E-state index in [1.54, 1.807) is 30.5 Å². The van der Waals surface area contributed by atoms with Crippen molar-refractivity contribution >= 4 is 11.7 Å². The molecular weight excluding hydrogens is 237 g/mol. The Labute approximate surface area is 103 Å². The van der Waals surface area contributed by atoms with E-state index in [2.05, 4.69) is 0 Å². The van der Waals surface area contributed by atoms with Crippen molar-refractivity contribution < 1.29 is 18.7 Å². The van der Waals surface area contributed by atoms with E-state index >= 15 is 0 Å². The van der Waals surface area contributed by atoms with Gasteiger partial charge < -0.3 is 14.4 Å². The van der Waals surface area contributed by atoms with E-state index in [-0.39, 0.29) is 5.56 Å². The van der Waals surface area contributed by atoms with Crippen LogP contribution in [0.3, 0.4) is 0 Å². The van der Waals surface area contributed by atoms with Gasteiger partial charge in [0, 0.05) is 19.2 Å². The second-order valence-electron chi connectivity index (χ2n) is 3.95. The van der Waals surface area contributed by atoms with Gasteiger partial charge in [-0.3, -0.25) is 0 Å². The lowest BCUT2D eigenvalue weighted by molar-refractivity contribution is 0.0697. The predicted molar refractivity (Wildman–Crippen MR) is 64.2 cm³/mol. The van der Waals surface area contributed by atoms with E-state index in [1.165, 1.54) is 12.1 Å². The van der Waals surface area contributed by atoms with Gasteiger partial charge in [0.25, 0.3) is 0 Å². The number of benzene rings is 1. The van der Waals surface area contributed by atoms with Gasteiger partial charge in [0.05, 0.1) is 23.8 Å². The molecule has 0 aliphatic carbocycles. The summed E-state index contributed by atoms with van der Waals surface area (Å²) in [5.74, 6) is -1.71. The van der Waals surface area contributed by atoms with Crippen LogP contribution in [0.25, 0.3) is 0 Å². The van der Waals surface area contributed by atoms with E-state index in [9.17, 15) is 9.18 Å². The summed E-state index contributed by atoms with van der Waals surface area (Å²) in [6, 6.07) is 5.51. The van der Waals surface area contributed by atoms with Crippen LogP contribution in [-0.4, -0.2) is 18.1 Å². The monoisotopic (exact) mass is 249 g/mol. The second-order valence-corrected chi connectivity index (χ2v) is 3.95. The van der Waals surface area contributed by atoms with Crippen molar-refractivity contribution in [3.05, 3.63) is 53.7 Å². The third kappa shape index (κ3) is 2.51. The zero-order valence-corrected chi connectivity index (χ0v) is 9.76. The first-order valence-corrected chi connectivity index (χ1v) is 5.33. The highest BCUT2D eigenvalue weighted by molar-refractivity contribution is 5.94. The maximum Gasteiger partial charge on any atom is 0.337 e. The lowest BCUT2D eigenvalue weighted by atomic mass is 10.1. The minimum Gasteiger partial charge on any atom is -0.478 e. The van der Waals surface area contributed by atoms with Crippen LogP contribution in [0.5, 0.6) is 0 Å². The first-order valence-electron chi connectivity index (χ1n) is 5.33. The van der Waals surface area contributed by atoms with Crippen LogP contribution in [0.2, 0.25) is 0 Å². The molecule has 2 aromatic rings. The maximum atomic E-state index is 13.1. The van der Waals surface area contributed by atoms with Crippen molar-refractivity contribution in [1.82, 2.24) is 0 Å². The summed E-state index contributed by atoms with van der Waals surface area (Å²) in [5, 5.41) is 9.05. The standard InChI is InChI=1S/C13H12FNO3/c1-15(7-9-4-5-18-8-9)12-3-2-10(14)6-11(12)13(16)17/h2-6,8H,7H2,1H3,(H,16,17). The van der Waals surface area contributed by atoms with Crippen LogP contribution in [-0.2, 0) is 6.54 Å². The van der Waals surface area contributed by atoms with Crippen LogP contribution in [0, 0.1) is 5.82 Å². The molecule has 0 aliphatic heterocycles. The molecule has 0 atom stereocenters. The summed E-state index contributed by atoms with van der Waals surface area (Å²) in [7, 11) is 1.74. The van der Waals surface area contributed by atoms with Gasteiger partial charge in [0.15, 0.2) is 0 Å². The van der Waals surface area contributed by atoms with Crippen molar-refractivity contribution in [3.8, 4) is 0 Å². The molecule has 1 N–H and O–H groups in total. The Morgan fingerprint density at radius 1 is 1.44 bits per heavy atom. The molecule has 0 saturated carbocycles. The van der Waals surface area contributed by atoms with Gasteiger partial charge in [-0.15, -0.1) is 0 Å². The summed E-state index contributed by atoms with van der Waals surface area (Å²) in [6.07, 6.45) is 3.13. The van der Waals surface area contributed by atoms with Crippen LogP contribution in [0.1, 0.15) is 15.9 Å². The second kappa shape index (κ2) is 4.91. The number of carboxylic acid groups (broad SMARTS) is 1. The van der Waals surface area contributed by atoms with Gasteiger partial charge in [-0.1, -0.05) is 0 Å². The van der Waals surface area contributed by atoms with Crippen LogP contribution >= 0.6 is 0 Å². The fourth-order valence-corrected chi connectivity index (χ4v) is 1.75. The quantitative estimate of drug-likeness (QED) is 0.905. The number of furan rings is 1. The average molecular weight is 249 g/mol. The molecule has 0 bridgehead atoms. The molecule has 1 aromatic heterocycles. The van der Waals surface area contributed by atoms with Gasteiger partial charge in [0.1, 0.15) is 5.82 Å². The number of hydrogen-bond donors (Lipinski definition) is 1. The first kappa shape index (κ1) is 12.2. The molecule has 0 saturated heterocycles. The number of anilines is 1. The minimum absolute atomic E-state index is 0.0546. The number of carbonyl (C=O) groups is 1. The maximum absolute atomic E-state index is 13.1. The summed E-state index contributed by atoms with van der Waals surface area (Å²) >= 11 is 0. The molecule has 0 spiro atoms. The highest BCUT2D eigenvalue weighted by Gasteiger charge is 2.15. The molecule has 2 rings (SSSR count). The molecule has 0 fully saturated rings. The van der Waals surface area contributed by atoms with E-state index in [0.717, 1.165) is 11.6 Å². The average Bonchev–Trinajstić information content (AvgIpc) is 2.81.